The average Bonchev–Trinajstić information content (AvgIpc) is 2.10. The first-order chi connectivity index (χ1) is 7.88. The molecule has 0 aromatic rings. The lowest BCUT2D eigenvalue weighted by molar-refractivity contribution is -0.146. The van der Waals surface area contributed by atoms with E-state index in [1.165, 1.54) is 6.42 Å². The van der Waals surface area contributed by atoms with Gasteiger partial charge in [0, 0.05) is 13.1 Å². The van der Waals surface area contributed by atoms with Gasteiger partial charge in [0.25, 0.3) is 5.92 Å². The average molecular weight is 246 g/mol. The molecule has 2 aliphatic heterocycles. The molecule has 0 aliphatic carbocycles. The van der Waals surface area contributed by atoms with Crippen molar-refractivity contribution in [2.75, 3.05) is 33.2 Å². The Hall–Kier alpha value is -0.220. The fraction of sp³-hybridized carbons (Fsp3) is 1.00. The van der Waals surface area contributed by atoms with Gasteiger partial charge in [-0.25, -0.2) is 8.78 Å². The molecular formula is C13H24F2N2. The first-order valence-electron chi connectivity index (χ1n) is 6.69. The summed E-state index contributed by atoms with van der Waals surface area (Å²) in [7, 11) is 1.78. The van der Waals surface area contributed by atoms with Crippen molar-refractivity contribution in [1.82, 2.24) is 9.80 Å². The van der Waals surface area contributed by atoms with Gasteiger partial charge in [-0.2, -0.15) is 0 Å². The van der Waals surface area contributed by atoms with Crippen molar-refractivity contribution in [3.8, 4) is 0 Å². The molecule has 0 bridgehead atoms. The lowest BCUT2D eigenvalue weighted by Gasteiger charge is -2.50. The highest BCUT2D eigenvalue weighted by Gasteiger charge is 2.49. The molecule has 0 N–H and O–H groups in total. The zero-order valence-corrected chi connectivity index (χ0v) is 11.1. The van der Waals surface area contributed by atoms with Crippen LogP contribution in [0.5, 0.6) is 0 Å². The summed E-state index contributed by atoms with van der Waals surface area (Å²) in [6, 6.07) is -0.512. The van der Waals surface area contributed by atoms with Gasteiger partial charge in [-0.3, -0.25) is 4.90 Å². The number of hydrogen-bond acceptors (Lipinski definition) is 2. The Morgan fingerprint density at radius 2 is 1.94 bits per heavy atom. The van der Waals surface area contributed by atoms with E-state index in [1.807, 2.05) is 4.90 Å². The second kappa shape index (κ2) is 4.81. The second-order valence-corrected chi connectivity index (χ2v) is 6.25. The number of alkyl halides is 2. The van der Waals surface area contributed by atoms with Gasteiger partial charge in [0.2, 0.25) is 0 Å². The predicted octanol–water partition coefficient (Wildman–Crippen LogP) is 2.30. The number of rotatable bonds is 3. The van der Waals surface area contributed by atoms with Gasteiger partial charge in [-0.1, -0.05) is 13.8 Å². The summed E-state index contributed by atoms with van der Waals surface area (Å²) in [5.74, 6) is -1.21. The molecule has 0 spiro atoms. The van der Waals surface area contributed by atoms with Gasteiger partial charge in [-0.05, 0) is 38.3 Å². The van der Waals surface area contributed by atoms with E-state index < -0.39 is 12.0 Å². The van der Waals surface area contributed by atoms with E-state index in [2.05, 4.69) is 13.8 Å². The zero-order chi connectivity index (χ0) is 12.6. The third-order valence-corrected chi connectivity index (χ3v) is 3.98. The molecule has 2 nitrogen and oxygen atoms in total. The number of likely N-dealkylation sites (tertiary alicyclic amines) is 2. The summed E-state index contributed by atoms with van der Waals surface area (Å²) in [6.07, 6.45) is 1.78. The van der Waals surface area contributed by atoms with Crippen molar-refractivity contribution in [3.63, 3.8) is 0 Å². The minimum Gasteiger partial charge on any atom is -0.300 e. The highest BCUT2D eigenvalue weighted by molar-refractivity contribution is 4.97. The number of hydrogen-bond donors (Lipinski definition) is 0. The first kappa shape index (κ1) is 13.2. The van der Waals surface area contributed by atoms with Crippen LogP contribution >= 0.6 is 0 Å². The molecule has 2 fully saturated rings. The summed E-state index contributed by atoms with van der Waals surface area (Å²) in [5, 5.41) is 0. The summed E-state index contributed by atoms with van der Waals surface area (Å²) >= 11 is 0. The van der Waals surface area contributed by atoms with E-state index in [4.69, 9.17) is 0 Å². The molecule has 0 aromatic carbocycles. The molecule has 2 heterocycles. The zero-order valence-electron chi connectivity index (χ0n) is 11.1. The number of halogens is 2. The van der Waals surface area contributed by atoms with E-state index in [0.717, 1.165) is 19.6 Å². The van der Waals surface area contributed by atoms with Gasteiger partial charge in [0.15, 0.2) is 0 Å². The standard InChI is InChI=1S/C13H24F2N2/c1-10(2)6-11-7-17(8-11)12-4-5-16(3)9-13(12,14)15/h10-12H,4-9H2,1-3H3. The smallest absolute Gasteiger partial charge is 0.275 e. The largest absolute Gasteiger partial charge is 0.300 e. The van der Waals surface area contributed by atoms with Crippen LogP contribution in [0.4, 0.5) is 8.78 Å². The van der Waals surface area contributed by atoms with Crippen LogP contribution in [0.25, 0.3) is 0 Å². The quantitative estimate of drug-likeness (QED) is 0.754. The van der Waals surface area contributed by atoms with E-state index >= 15 is 0 Å². The second-order valence-electron chi connectivity index (χ2n) is 6.25. The van der Waals surface area contributed by atoms with Crippen LogP contribution in [0, 0.1) is 11.8 Å². The van der Waals surface area contributed by atoms with Crippen LogP contribution in [0.3, 0.4) is 0 Å². The summed E-state index contributed by atoms with van der Waals surface area (Å²) in [5.41, 5.74) is 0. The maximum atomic E-state index is 13.9. The topological polar surface area (TPSA) is 6.48 Å². The molecule has 17 heavy (non-hydrogen) atoms. The molecule has 2 saturated heterocycles. The SMILES string of the molecule is CC(C)CC1CN(C2CCN(C)CC2(F)F)C1. The van der Waals surface area contributed by atoms with Crippen LogP contribution in [-0.2, 0) is 0 Å². The molecule has 4 heteroatoms. The Morgan fingerprint density at radius 3 is 2.47 bits per heavy atom. The lowest BCUT2D eigenvalue weighted by Crippen LogP contribution is -2.63. The molecule has 1 unspecified atom stereocenters. The lowest BCUT2D eigenvalue weighted by atomic mass is 9.86. The van der Waals surface area contributed by atoms with Crippen LogP contribution in [-0.4, -0.2) is 55.0 Å². The Morgan fingerprint density at radius 1 is 1.29 bits per heavy atom. The fourth-order valence-corrected chi connectivity index (χ4v) is 3.23. The maximum absolute atomic E-state index is 13.9. The van der Waals surface area contributed by atoms with Crippen LogP contribution < -0.4 is 0 Å². The van der Waals surface area contributed by atoms with Gasteiger partial charge in [-0.15, -0.1) is 0 Å². The molecular weight excluding hydrogens is 222 g/mol. The molecule has 0 radical (unpaired) electrons. The molecule has 100 valence electrons. The highest BCUT2D eigenvalue weighted by atomic mass is 19.3. The molecule has 0 aromatic heterocycles. The third-order valence-electron chi connectivity index (χ3n) is 3.98. The molecule has 2 rings (SSSR count). The van der Waals surface area contributed by atoms with Crippen LogP contribution in [0.2, 0.25) is 0 Å². The summed E-state index contributed by atoms with van der Waals surface area (Å²) in [6.45, 7) is 6.87. The molecule has 0 saturated carbocycles. The predicted molar refractivity (Wildman–Crippen MR) is 65.4 cm³/mol. The van der Waals surface area contributed by atoms with E-state index in [9.17, 15) is 8.78 Å². The van der Waals surface area contributed by atoms with E-state index in [1.54, 1.807) is 11.9 Å². The van der Waals surface area contributed by atoms with Crippen LogP contribution in [0.15, 0.2) is 0 Å². The Labute approximate surface area is 103 Å². The van der Waals surface area contributed by atoms with Crippen molar-refractivity contribution < 1.29 is 8.78 Å². The van der Waals surface area contributed by atoms with Crippen LogP contribution in [0.1, 0.15) is 26.7 Å². The minimum atomic E-state index is -2.53. The van der Waals surface area contributed by atoms with Gasteiger partial charge < -0.3 is 4.90 Å². The Balaban J connectivity index is 1.84. The summed E-state index contributed by atoms with van der Waals surface area (Å²) in [4.78, 5) is 3.74. The Kier molecular flexibility index (Phi) is 3.74. The molecule has 0 amide bonds. The van der Waals surface area contributed by atoms with Gasteiger partial charge >= 0.3 is 0 Å². The monoisotopic (exact) mass is 246 g/mol. The van der Waals surface area contributed by atoms with Gasteiger partial charge in [0.05, 0.1) is 12.6 Å². The van der Waals surface area contributed by atoms with Crippen molar-refractivity contribution in [2.24, 2.45) is 11.8 Å². The summed E-state index contributed by atoms with van der Waals surface area (Å²) < 4.78 is 27.8. The maximum Gasteiger partial charge on any atom is 0.275 e. The normalized spacial score (nSPS) is 31.8. The molecule has 2 aliphatic rings. The highest BCUT2D eigenvalue weighted by Crippen LogP contribution is 2.35. The number of piperidine rings is 1. The minimum absolute atomic E-state index is 0.0803. The van der Waals surface area contributed by atoms with Gasteiger partial charge in [0.1, 0.15) is 0 Å². The third kappa shape index (κ3) is 2.97. The van der Waals surface area contributed by atoms with E-state index in [0.29, 0.717) is 18.3 Å². The number of nitrogens with zero attached hydrogens (tertiary/aromatic N) is 2. The fourth-order valence-electron chi connectivity index (χ4n) is 3.23. The Bertz CT molecular complexity index is 262. The van der Waals surface area contributed by atoms with Crippen molar-refractivity contribution >= 4 is 0 Å². The first-order valence-corrected chi connectivity index (χ1v) is 6.69. The van der Waals surface area contributed by atoms with Crippen molar-refractivity contribution in [3.05, 3.63) is 0 Å². The van der Waals surface area contributed by atoms with Crippen molar-refractivity contribution in [1.29, 1.82) is 0 Å². The van der Waals surface area contributed by atoms with Crippen molar-refractivity contribution in [2.45, 2.75) is 38.7 Å². The van der Waals surface area contributed by atoms with E-state index in [-0.39, 0.29) is 6.54 Å². The molecule has 1 atom stereocenters.